The summed E-state index contributed by atoms with van der Waals surface area (Å²) < 4.78 is 23.9. The van der Waals surface area contributed by atoms with Crippen LogP contribution >= 0.6 is 0 Å². The summed E-state index contributed by atoms with van der Waals surface area (Å²) in [5, 5.41) is 8.86. The highest BCUT2D eigenvalue weighted by Crippen LogP contribution is 2.28. The Morgan fingerprint density at radius 1 is 1.39 bits per heavy atom. The lowest BCUT2D eigenvalue weighted by Gasteiger charge is -2.14. The number of halogens is 1. The molecule has 0 aliphatic heterocycles. The maximum atomic E-state index is 14.0. The van der Waals surface area contributed by atoms with Crippen LogP contribution in [0.5, 0.6) is 5.75 Å². The zero-order valence-electron chi connectivity index (χ0n) is 10.7. The summed E-state index contributed by atoms with van der Waals surface area (Å²) in [5.74, 6) is -1.91. The van der Waals surface area contributed by atoms with Crippen molar-refractivity contribution in [2.45, 2.75) is 20.0 Å². The van der Waals surface area contributed by atoms with Gasteiger partial charge >= 0.3 is 5.97 Å². The molecule has 1 N–H and O–H groups in total. The van der Waals surface area contributed by atoms with Gasteiger partial charge in [-0.15, -0.1) is 0 Å². The first kappa shape index (κ1) is 14.4. The van der Waals surface area contributed by atoms with Gasteiger partial charge in [0.25, 0.3) is 0 Å². The molecule has 4 nitrogen and oxygen atoms in total. The van der Waals surface area contributed by atoms with Gasteiger partial charge in [-0.25, -0.2) is 4.39 Å². The van der Waals surface area contributed by atoms with Gasteiger partial charge in [-0.1, -0.05) is 19.1 Å². The SMILES string of the molecule is COCc1ccc(CC(C)C(=O)O)c(OC)c1F. The third kappa shape index (κ3) is 3.20. The van der Waals surface area contributed by atoms with Crippen molar-refractivity contribution < 1.29 is 23.8 Å². The lowest BCUT2D eigenvalue weighted by atomic mass is 9.99. The van der Waals surface area contributed by atoms with Gasteiger partial charge in [-0.05, 0) is 12.0 Å². The van der Waals surface area contributed by atoms with E-state index in [1.165, 1.54) is 14.2 Å². The fourth-order valence-corrected chi connectivity index (χ4v) is 1.70. The Hall–Kier alpha value is -1.62. The summed E-state index contributed by atoms with van der Waals surface area (Å²) in [5.41, 5.74) is 0.936. The van der Waals surface area contributed by atoms with Crippen molar-refractivity contribution in [1.82, 2.24) is 0 Å². The van der Waals surface area contributed by atoms with E-state index in [0.717, 1.165) is 0 Å². The lowest BCUT2D eigenvalue weighted by Crippen LogP contribution is -2.13. The summed E-state index contributed by atoms with van der Waals surface area (Å²) in [4.78, 5) is 10.8. The molecule has 0 radical (unpaired) electrons. The van der Waals surface area contributed by atoms with Crippen LogP contribution in [0.25, 0.3) is 0 Å². The minimum atomic E-state index is -0.918. The second-order valence-electron chi connectivity index (χ2n) is 4.11. The van der Waals surface area contributed by atoms with E-state index in [1.54, 1.807) is 19.1 Å². The Labute approximate surface area is 105 Å². The molecule has 0 fully saturated rings. The standard InChI is InChI=1S/C13H17FO4/c1-8(13(15)16)6-9-4-5-10(7-17-2)11(14)12(9)18-3/h4-5,8H,6-7H2,1-3H3,(H,15,16). The molecule has 1 atom stereocenters. The molecule has 0 aromatic heterocycles. The molecule has 1 aromatic rings. The predicted molar refractivity (Wildman–Crippen MR) is 64.2 cm³/mol. The van der Waals surface area contributed by atoms with Crippen LogP contribution in [-0.4, -0.2) is 25.3 Å². The molecule has 0 bridgehead atoms. The Morgan fingerprint density at radius 3 is 2.50 bits per heavy atom. The minimum absolute atomic E-state index is 0.0950. The van der Waals surface area contributed by atoms with Crippen molar-refractivity contribution in [3.05, 3.63) is 29.1 Å². The number of ether oxygens (including phenoxy) is 2. The fraction of sp³-hybridized carbons (Fsp3) is 0.462. The zero-order valence-corrected chi connectivity index (χ0v) is 10.7. The Kier molecular flexibility index (Phi) is 5.09. The first-order valence-electron chi connectivity index (χ1n) is 5.57. The maximum absolute atomic E-state index is 14.0. The minimum Gasteiger partial charge on any atom is -0.493 e. The van der Waals surface area contributed by atoms with E-state index in [2.05, 4.69) is 0 Å². The number of carbonyl (C=O) groups is 1. The molecular weight excluding hydrogens is 239 g/mol. The van der Waals surface area contributed by atoms with Crippen LogP contribution in [0.4, 0.5) is 4.39 Å². The molecule has 0 saturated heterocycles. The molecular formula is C13H17FO4. The summed E-state index contributed by atoms with van der Waals surface area (Å²) in [6.07, 6.45) is 0.225. The molecule has 1 rings (SSSR count). The third-order valence-corrected chi connectivity index (χ3v) is 2.71. The summed E-state index contributed by atoms with van der Waals surface area (Å²) in [6, 6.07) is 3.26. The van der Waals surface area contributed by atoms with E-state index >= 15 is 0 Å². The number of carboxylic acid groups (broad SMARTS) is 1. The molecule has 5 heteroatoms. The van der Waals surface area contributed by atoms with Gasteiger partial charge in [-0.2, -0.15) is 0 Å². The molecule has 0 spiro atoms. The van der Waals surface area contributed by atoms with Crippen molar-refractivity contribution >= 4 is 5.97 Å². The Balaban J connectivity index is 3.06. The average Bonchev–Trinajstić information content (AvgIpc) is 2.33. The summed E-state index contributed by atoms with van der Waals surface area (Å²) in [7, 11) is 2.84. The van der Waals surface area contributed by atoms with Crippen molar-refractivity contribution in [2.75, 3.05) is 14.2 Å². The molecule has 0 amide bonds. The van der Waals surface area contributed by atoms with Crippen molar-refractivity contribution in [1.29, 1.82) is 0 Å². The van der Waals surface area contributed by atoms with E-state index in [-0.39, 0.29) is 18.8 Å². The number of rotatable bonds is 6. The van der Waals surface area contributed by atoms with Gasteiger partial charge < -0.3 is 14.6 Å². The van der Waals surface area contributed by atoms with Crippen LogP contribution in [-0.2, 0) is 22.6 Å². The van der Waals surface area contributed by atoms with Gasteiger partial charge in [-0.3, -0.25) is 4.79 Å². The van der Waals surface area contributed by atoms with Gasteiger partial charge in [0.2, 0.25) is 0 Å². The fourth-order valence-electron chi connectivity index (χ4n) is 1.70. The van der Waals surface area contributed by atoms with Gasteiger partial charge in [0.15, 0.2) is 11.6 Å². The topological polar surface area (TPSA) is 55.8 Å². The first-order chi connectivity index (χ1) is 8.51. The molecule has 0 heterocycles. The smallest absolute Gasteiger partial charge is 0.306 e. The largest absolute Gasteiger partial charge is 0.493 e. The van der Waals surface area contributed by atoms with Crippen LogP contribution in [0.3, 0.4) is 0 Å². The van der Waals surface area contributed by atoms with Crippen molar-refractivity contribution in [2.24, 2.45) is 5.92 Å². The third-order valence-electron chi connectivity index (χ3n) is 2.71. The van der Waals surface area contributed by atoms with E-state index < -0.39 is 17.7 Å². The van der Waals surface area contributed by atoms with E-state index in [0.29, 0.717) is 11.1 Å². The molecule has 100 valence electrons. The molecule has 0 aliphatic carbocycles. The number of hydrogen-bond donors (Lipinski definition) is 1. The number of methoxy groups -OCH3 is 2. The number of carboxylic acids is 1. The number of aliphatic carboxylic acids is 1. The summed E-state index contributed by atoms with van der Waals surface area (Å²) >= 11 is 0. The molecule has 0 saturated carbocycles. The zero-order chi connectivity index (χ0) is 13.7. The van der Waals surface area contributed by atoms with Crippen molar-refractivity contribution in [3.63, 3.8) is 0 Å². The normalized spacial score (nSPS) is 12.2. The Morgan fingerprint density at radius 2 is 2.00 bits per heavy atom. The van der Waals surface area contributed by atoms with Crippen LogP contribution < -0.4 is 4.74 Å². The van der Waals surface area contributed by atoms with Gasteiger partial charge in [0.1, 0.15) is 0 Å². The lowest BCUT2D eigenvalue weighted by molar-refractivity contribution is -0.141. The van der Waals surface area contributed by atoms with Crippen molar-refractivity contribution in [3.8, 4) is 5.75 Å². The van der Waals surface area contributed by atoms with E-state index in [4.69, 9.17) is 14.6 Å². The molecule has 0 aliphatic rings. The highest BCUT2D eigenvalue weighted by atomic mass is 19.1. The van der Waals surface area contributed by atoms with Crippen LogP contribution in [0.15, 0.2) is 12.1 Å². The van der Waals surface area contributed by atoms with Crippen LogP contribution in [0.2, 0.25) is 0 Å². The molecule has 1 aromatic carbocycles. The Bertz CT molecular complexity index is 431. The molecule has 18 heavy (non-hydrogen) atoms. The second-order valence-corrected chi connectivity index (χ2v) is 4.11. The number of hydrogen-bond acceptors (Lipinski definition) is 3. The average molecular weight is 256 g/mol. The monoisotopic (exact) mass is 256 g/mol. The van der Waals surface area contributed by atoms with Gasteiger partial charge in [0.05, 0.1) is 19.6 Å². The van der Waals surface area contributed by atoms with Crippen LogP contribution in [0.1, 0.15) is 18.1 Å². The summed E-state index contributed by atoms with van der Waals surface area (Å²) in [6.45, 7) is 1.72. The predicted octanol–water partition coefficient (Wildman–Crippen LogP) is 2.24. The maximum Gasteiger partial charge on any atom is 0.306 e. The molecule has 1 unspecified atom stereocenters. The van der Waals surface area contributed by atoms with E-state index in [1.807, 2.05) is 0 Å². The number of benzene rings is 1. The highest BCUT2D eigenvalue weighted by Gasteiger charge is 2.18. The highest BCUT2D eigenvalue weighted by molar-refractivity contribution is 5.70. The van der Waals surface area contributed by atoms with Crippen LogP contribution in [0, 0.1) is 11.7 Å². The second kappa shape index (κ2) is 6.35. The quantitative estimate of drug-likeness (QED) is 0.848. The van der Waals surface area contributed by atoms with Gasteiger partial charge in [0, 0.05) is 12.7 Å². The van der Waals surface area contributed by atoms with E-state index in [9.17, 15) is 9.18 Å². The first-order valence-corrected chi connectivity index (χ1v) is 5.57.